The summed E-state index contributed by atoms with van der Waals surface area (Å²) in [7, 11) is 1.50. The number of carbonyl (C=O) groups is 4. The number of benzene rings is 3. The Hall–Kier alpha value is -4.26. The molecular formula is C32H38N2O5. The van der Waals surface area contributed by atoms with E-state index in [-0.39, 0.29) is 22.6 Å². The van der Waals surface area contributed by atoms with Crippen LogP contribution in [0.5, 0.6) is 0 Å². The second kappa shape index (κ2) is 15.2. The van der Waals surface area contributed by atoms with Crippen LogP contribution < -0.4 is 10.2 Å². The maximum Gasteiger partial charge on any atom is 0.335 e. The van der Waals surface area contributed by atoms with Gasteiger partial charge in [0.1, 0.15) is 0 Å². The Balaban J connectivity index is 0.000000673. The van der Waals surface area contributed by atoms with Crippen molar-refractivity contribution in [3.05, 3.63) is 94.0 Å². The van der Waals surface area contributed by atoms with Crippen molar-refractivity contribution in [3.63, 3.8) is 0 Å². The van der Waals surface area contributed by atoms with Crippen molar-refractivity contribution in [1.82, 2.24) is 0 Å². The number of unbranched alkanes of at least 4 members (excludes halogenated alkanes) is 4. The average Bonchev–Trinajstić information content (AvgIpc) is 2.94. The lowest BCUT2D eigenvalue weighted by Crippen LogP contribution is -2.28. The van der Waals surface area contributed by atoms with E-state index in [1.165, 1.54) is 62.3 Å². The zero-order valence-corrected chi connectivity index (χ0v) is 23.4. The first-order valence-electron chi connectivity index (χ1n) is 13.2. The molecule has 3 rings (SSSR count). The molecule has 0 saturated heterocycles. The van der Waals surface area contributed by atoms with E-state index in [0.717, 1.165) is 11.1 Å². The lowest BCUT2D eigenvalue weighted by Gasteiger charge is -2.20. The fourth-order valence-electron chi connectivity index (χ4n) is 3.85. The van der Waals surface area contributed by atoms with Crippen molar-refractivity contribution >= 4 is 35.4 Å². The van der Waals surface area contributed by atoms with Crippen LogP contribution in [0.3, 0.4) is 0 Å². The average molecular weight is 531 g/mol. The molecule has 3 aromatic carbocycles. The van der Waals surface area contributed by atoms with Gasteiger partial charge in [-0.15, -0.1) is 0 Å². The van der Waals surface area contributed by atoms with Crippen LogP contribution in [0.2, 0.25) is 0 Å². The first-order valence-corrected chi connectivity index (χ1v) is 13.2. The third-order valence-corrected chi connectivity index (χ3v) is 6.33. The van der Waals surface area contributed by atoms with Crippen LogP contribution in [0.4, 0.5) is 11.4 Å². The minimum absolute atomic E-state index is 0.0337. The van der Waals surface area contributed by atoms with E-state index in [0.29, 0.717) is 23.2 Å². The number of carboxylic acid groups (broad SMARTS) is 1. The SMILES string of the molecule is CCCCCCC.Cc1ccc(NC(=O)c2cc(N(C)C(=O)c3cc(C(=O)O)ccc3C=O)ccc2C)cc1. The number of anilines is 2. The molecule has 0 aromatic heterocycles. The van der Waals surface area contributed by atoms with Gasteiger partial charge < -0.3 is 15.3 Å². The Morgan fingerprint density at radius 1 is 0.846 bits per heavy atom. The lowest BCUT2D eigenvalue weighted by molar-refractivity contribution is 0.0696. The molecule has 0 atom stereocenters. The van der Waals surface area contributed by atoms with E-state index in [4.69, 9.17) is 0 Å². The summed E-state index contributed by atoms with van der Waals surface area (Å²) in [5.74, 6) is -2.09. The fourth-order valence-corrected chi connectivity index (χ4v) is 3.85. The van der Waals surface area contributed by atoms with Crippen molar-refractivity contribution in [2.75, 3.05) is 17.3 Å². The zero-order valence-electron chi connectivity index (χ0n) is 23.4. The standard InChI is InChI=1S/C25H22N2O5.C7H16/c1-15-4-9-19(10-5-15)26-23(29)21-13-20(11-6-16(21)2)27(3)24(30)22-12-17(25(31)32)7-8-18(22)14-28;1-3-5-7-6-4-2/h4-14H,1-3H3,(H,26,29)(H,31,32);3-7H2,1-2H3. The number of hydrogen-bond donors (Lipinski definition) is 2. The number of rotatable bonds is 10. The van der Waals surface area contributed by atoms with Crippen molar-refractivity contribution < 1.29 is 24.3 Å². The van der Waals surface area contributed by atoms with Gasteiger partial charge in [-0.2, -0.15) is 0 Å². The molecule has 39 heavy (non-hydrogen) atoms. The van der Waals surface area contributed by atoms with E-state index in [1.54, 1.807) is 37.3 Å². The summed E-state index contributed by atoms with van der Waals surface area (Å²) in [5, 5.41) is 12.1. The van der Waals surface area contributed by atoms with Gasteiger partial charge in [0.15, 0.2) is 6.29 Å². The number of nitrogens with one attached hydrogen (secondary N) is 1. The molecular weight excluding hydrogens is 492 g/mol. The Morgan fingerprint density at radius 2 is 1.49 bits per heavy atom. The first-order chi connectivity index (χ1) is 18.6. The third kappa shape index (κ3) is 8.92. The Morgan fingerprint density at radius 3 is 2.05 bits per heavy atom. The molecule has 0 spiro atoms. The molecule has 0 aliphatic carbocycles. The van der Waals surface area contributed by atoms with E-state index < -0.39 is 11.9 Å². The normalized spacial score (nSPS) is 10.2. The van der Waals surface area contributed by atoms with E-state index >= 15 is 0 Å². The third-order valence-electron chi connectivity index (χ3n) is 6.33. The molecule has 0 aliphatic rings. The zero-order chi connectivity index (χ0) is 28.9. The number of nitrogens with zero attached hydrogens (tertiary/aromatic N) is 1. The minimum Gasteiger partial charge on any atom is -0.478 e. The summed E-state index contributed by atoms with van der Waals surface area (Å²) in [5.41, 5.74) is 3.20. The highest BCUT2D eigenvalue weighted by Gasteiger charge is 2.21. The van der Waals surface area contributed by atoms with Gasteiger partial charge >= 0.3 is 5.97 Å². The van der Waals surface area contributed by atoms with Gasteiger partial charge in [-0.05, 0) is 55.8 Å². The molecule has 0 aliphatic heterocycles. The molecule has 0 fully saturated rings. The molecule has 206 valence electrons. The summed E-state index contributed by atoms with van der Waals surface area (Å²) >= 11 is 0. The van der Waals surface area contributed by atoms with Crippen molar-refractivity contribution in [1.29, 1.82) is 0 Å². The lowest BCUT2D eigenvalue weighted by atomic mass is 10.0. The minimum atomic E-state index is -1.20. The van der Waals surface area contributed by atoms with Gasteiger partial charge in [0.05, 0.1) is 11.1 Å². The fraction of sp³-hybridized carbons (Fsp3) is 0.312. The summed E-state index contributed by atoms with van der Waals surface area (Å²) in [6, 6.07) is 16.1. The van der Waals surface area contributed by atoms with Crippen molar-refractivity contribution in [2.45, 2.75) is 59.8 Å². The molecule has 2 amide bonds. The van der Waals surface area contributed by atoms with E-state index in [1.807, 2.05) is 19.1 Å². The summed E-state index contributed by atoms with van der Waals surface area (Å²) in [4.78, 5) is 49.8. The predicted molar refractivity (Wildman–Crippen MR) is 156 cm³/mol. The summed E-state index contributed by atoms with van der Waals surface area (Å²) in [6.45, 7) is 8.23. The van der Waals surface area contributed by atoms with Gasteiger partial charge in [0.2, 0.25) is 0 Å². The van der Waals surface area contributed by atoms with Gasteiger partial charge in [-0.1, -0.05) is 75.8 Å². The monoisotopic (exact) mass is 530 g/mol. The number of carbonyl (C=O) groups excluding carboxylic acids is 3. The largest absolute Gasteiger partial charge is 0.478 e. The molecule has 0 heterocycles. The van der Waals surface area contributed by atoms with Crippen LogP contribution in [0.25, 0.3) is 0 Å². The highest BCUT2D eigenvalue weighted by Crippen LogP contribution is 2.23. The maximum atomic E-state index is 13.1. The molecule has 7 heteroatoms. The second-order valence-corrected chi connectivity index (χ2v) is 9.47. The van der Waals surface area contributed by atoms with Crippen LogP contribution in [-0.4, -0.2) is 36.2 Å². The number of aromatic carboxylic acids is 1. The van der Waals surface area contributed by atoms with Crippen LogP contribution in [0, 0.1) is 13.8 Å². The van der Waals surface area contributed by atoms with Crippen molar-refractivity contribution in [3.8, 4) is 0 Å². The van der Waals surface area contributed by atoms with Crippen LogP contribution in [0.15, 0.2) is 60.7 Å². The van der Waals surface area contributed by atoms with Gasteiger partial charge in [0.25, 0.3) is 11.8 Å². The molecule has 0 unspecified atom stereocenters. The van der Waals surface area contributed by atoms with E-state index in [2.05, 4.69) is 19.2 Å². The molecule has 2 N–H and O–H groups in total. The maximum absolute atomic E-state index is 13.1. The quantitative estimate of drug-likeness (QED) is 0.211. The highest BCUT2D eigenvalue weighted by atomic mass is 16.4. The van der Waals surface area contributed by atoms with Crippen LogP contribution in [0.1, 0.15) is 98.5 Å². The Bertz CT molecular complexity index is 1290. The first kappa shape index (κ1) is 31.0. The molecule has 0 bridgehead atoms. The number of hydrogen-bond acceptors (Lipinski definition) is 4. The smallest absolute Gasteiger partial charge is 0.335 e. The summed E-state index contributed by atoms with van der Waals surface area (Å²) in [6.07, 6.45) is 7.51. The Kier molecular flexibility index (Phi) is 12.1. The number of aryl methyl sites for hydroxylation is 2. The Labute approximate surface area is 230 Å². The van der Waals surface area contributed by atoms with Crippen LogP contribution >= 0.6 is 0 Å². The topological polar surface area (TPSA) is 104 Å². The molecule has 3 aromatic rings. The predicted octanol–water partition coefficient (Wildman–Crippen LogP) is 7.32. The van der Waals surface area contributed by atoms with Gasteiger partial charge in [-0.3, -0.25) is 14.4 Å². The summed E-state index contributed by atoms with van der Waals surface area (Å²) < 4.78 is 0. The number of aldehydes is 1. The molecule has 7 nitrogen and oxygen atoms in total. The van der Waals surface area contributed by atoms with Crippen LogP contribution in [-0.2, 0) is 0 Å². The number of amides is 2. The van der Waals surface area contributed by atoms with Gasteiger partial charge in [-0.25, -0.2) is 4.79 Å². The van der Waals surface area contributed by atoms with Crippen molar-refractivity contribution in [2.24, 2.45) is 0 Å². The van der Waals surface area contributed by atoms with Gasteiger partial charge in [0, 0.05) is 29.5 Å². The molecule has 0 radical (unpaired) electrons. The highest BCUT2D eigenvalue weighted by molar-refractivity contribution is 6.12. The van der Waals surface area contributed by atoms with E-state index in [9.17, 15) is 24.3 Å². The second-order valence-electron chi connectivity index (χ2n) is 9.47. The number of carboxylic acids is 1. The molecule has 0 saturated carbocycles.